The van der Waals surface area contributed by atoms with Gasteiger partial charge >= 0.3 is 6.03 Å². The Kier molecular flexibility index (Phi) is 4.91. The summed E-state index contributed by atoms with van der Waals surface area (Å²) in [6.07, 6.45) is -2.62. The van der Waals surface area contributed by atoms with Gasteiger partial charge in [0, 0.05) is 23.1 Å². The number of amides is 4. The van der Waals surface area contributed by atoms with Gasteiger partial charge < -0.3 is 15.0 Å². The lowest BCUT2D eigenvalue weighted by Crippen LogP contribution is -2.54. The Morgan fingerprint density at radius 1 is 1.30 bits per heavy atom. The van der Waals surface area contributed by atoms with Crippen molar-refractivity contribution in [1.82, 2.24) is 15.5 Å². The summed E-state index contributed by atoms with van der Waals surface area (Å²) in [5.74, 6) is 4.86. The molecule has 0 saturated carbocycles. The van der Waals surface area contributed by atoms with Gasteiger partial charge in [-0.15, -0.1) is 11.3 Å². The van der Waals surface area contributed by atoms with E-state index in [0.717, 1.165) is 16.9 Å². The first-order valence-electron chi connectivity index (χ1n) is 8.81. The minimum absolute atomic E-state index is 0.146. The summed E-state index contributed by atoms with van der Waals surface area (Å²) in [6, 6.07) is 5.59. The standard InChI is InChI=1S/C20H15F2N3O4S/c1-29-13-3-2-12-8-25(17(26)14(12)7-13)10-20(18(27)23-19(28)24-20)5-4-11-6-15(16(21)22)30-9-11/h2-3,6-7,9,16H,8,10H2,1H3,(H2,23,24,27,28). The summed E-state index contributed by atoms with van der Waals surface area (Å²) in [5.41, 5.74) is -0.190. The number of benzene rings is 1. The molecule has 7 nitrogen and oxygen atoms in total. The van der Waals surface area contributed by atoms with Crippen molar-refractivity contribution in [1.29, 1.82) is 0 Å². The van der Waals surface area contributed by atoms with Crippen LogP contribution in [0.1, 0.15) is 32.8 Å². The van der Waals surface area contributed by atoms with Crippen molar-refractivity contribution in [3.63, 3.8) is 0 Å². The van der Waals surface area contributed by atoms with Gasteiger partial charge in [-0.05, 0) is 23.8 Å². The molecule has 154 valence electrons. The van der Waals surface area contributed by atoms with E-state index in [-0.39, 0.29) is 23.9 Å². The predicted molar refractivity (Wildman–Crippen MR) is 103 cm³/mol. The topological polar surface area (TPSA) is 87.7 Å². The molecule has 0 bridgehead atoms. The van der Waals surface area contributed by atoms with Crippen LogP contribution in [0.25, 0.3) is 0 Å². The molecule has 0 radical (unpaired) electrons. The summed E-state index contributed by atoms with van der Waals surface area (Å²) >= 11 is 0.852. The largest absolute Gasteiger partial charge is 0.497 e. The number of carbonyl (C=O) groups excluding carboxylic acids is 3. The lowest BCUT2D eigenvalue weighted by Gasteiger charge is -2.26. The van der Waals surface area contributed by atoms with Gasteiger partial charge in [0.15, 0.2) is 0 Å². The maximum Gasteiger partial charge on any atom is 0.323 e. The highest BCUT2D eigenvalue weighted by molar-refractivity contribution is 7.10. The average molecular weight is 431 g/mol. The van der Waals surface area contributed by atoms with Crippen LogP contribution < -0.4 is 15.4 Å². The molecule has 30 heavy (non-hydrogen) atoms. The number of fused-ring (bicyclic) bond motifs is 1. The summed E-state index contributed by atoms with van der Waals surface area (Å²) < 4.78 is 30.7. The van der Waals surface area contributed by atoms with E-state index in [2.05, 4.69) is 22.5 Å². The molecule has 0 aliphatic carbocycles. The zero-order valence-corrected chi connectivity index (χ0v) is 16.4. The van der Waals surface area contributed by atoms with E-state index in [0.29, 0.717) is 16.9 Å². The molecule has 1 fully saturated rings. The molecule has 2 aliphatic heterocycles. The maximum absolute atomic E-state index is 12.8. The first-order valence-corrected chi connectivity index (χ1v) is 9.69. The number of methoxy groups -OCH3 is 1. The molecule has 2 aliphatic rings. The smallest absolute Gasteiger partial charge is 0.323 e. The molecule has 0 spiro atoms. The second-order valence-electron chi connectivity index (χ2n) is 6.79. The normalized spacial score (nSPS) is 20.0. The van der Waals surface area contributed by atoms with Gasteiger partial charge in [-0.1, -0.05) is 17.9 Å². The van der Waals surface area contributed by atoms with Crippen molar-refractivity contribution >= 4 is 29.2 Å². The van der Waals surface area contributed by atoms with Crippen molar-refractivity contribution in [3.05, 3.63) is 51.2 Å². The van der Waals surface area contributed by atoms with Crippen LogP contribution >= 0.6 is 11.3 Å². The number of nitrogens with one attached hydrogen (secondary N) is 2. The molecule has 1 saturated heterocycles. The number of halogens is 2. The van der Waals surface area contributed by atoms with Crippen LogP contribution in [-0.2, 0) is 11.3 Å². The Hall–Kier alpha value is -3.45. The second-order valence-corrected chi connectivity index (χ2v) is 7.73. The average Bonchev–Trinajstić information content (AvgIpc) is 3.38. The van der Waals surface area contributed by atoms with Crippen LogP contribution in [0.4, 0.5) is 13.6 Å². The first-order chi connectivity index (χ1) is 14.3. The first kappa shape index (κ1) is 19.8. The van der Waals surface area contributed by atoms with E-state index >= 15 is 0 Å². The number of ether oxygens (including phenoxy) is 1. The molecule has 1 aromatic carbocycles. The van der Waals surface area contributed by atoms with E-state index in [4.69, 9.17) is 4.74 Å². The van der Waals surface area contributed by atoms with Gasteiger partial charge in [0.05, 0.1) is 18.5 Å². The number of carbonyl (C=O) groups is 3. The fraction of sp³-hybridized carbons (Fsp3) is 0.250. The third kappa shape index (κ3) is 3.48. The van der Waals surface area contributed by atoms with Gasteiger partial charge in [-0.25, -0.2) is 13.6 Å². The van der Waals surface area contributed by atoms with E-state index in [9.17, 15) is 23.2 Å². The molecule has 1 unspecified atom stereocenters. The Balaban J connectivity index is 1.63. The third-order valence-corrected chi connectivity index (χ3v) is 5.76. The SMILES string of the molecule is COc1ccc2c(c1)C(=O)N(CC1(C#Cc3csc(C(F)F)c3)NC(=O)NC1=O)C2. The van der Waals surface area contributed by atoms with Crippen molar-refractivity contribution in [2.24, 2.45) is 0 Å². The van der Waals surface area contributed by atoms with Crippen LogP contribution in [0.3, 0.4) is 0 Å². The van der Waals surface area contributed by atoms with Crippen LogP contribution in [0.15, 0.2) is 29.6 Å². The molecule has 4 amide bonds. The van der Waals surface area contributed by atoms with Crippen molar-refractivity contribution in [2.75, 3.05) is 13.7 Å². The summed E-state index contributed by atoms with van der Waals surface area (Å²) in [7, 11) is 1.49. The fourth-order valence-electron chi connectivity index (χ4n) is 3.32. The number of hydrogen-bond donors (Lipinski definition) is 2. The van der Waals surface area contributed by atoms with Crippen LogP contribution in [0.5, 0.6) is 5.75 Å². The zero-order chi connectivity index (χ0) is 21.5. The molecule has 1 atom stereocenters. The van der Waals surface area contributed by atoms with Gasteiger partial charge in [0.1, 0.15) is 5.75 Å². The van der Waals surface area contributed by atoms with Gasteiger partial charge in [-0.3, -0.25) is 14.9 Å². The molecule has 3 heterocycles. The highest BCUT2D eigenvalue weighted by Gasteiger charge is 2.48. The monoisotopic (exact) mass is 431 g/mol. The van der Waals surface area contributed by atoms with Gasteiger partial charge in [0.2, 0.25) is 5.54 Å². The molecule has 4 rings (SSSR count). The lowest BCUT2D eigenvalue weighted by molar-refractivity contribution is -0.122. The number of urea groups is 1. The number of alkyl halides is 2. The van der Waals surface area contributed by atoms with Crippen molar-refractivity contribution in [2.45, 2.75) is 18.5 Å². The summed E-state index contributed by atoms with van der Waals surface area (Å²) in [5, 5.41) is 6.05. The molecule has 1 aromatic heterocycles. The highest BCUT2D eigenvalue weighted by atomic mass is 32.1. The van der Waals surface area contributed by atoms with E-state index < -0.39 is 23.9 Å². The second kappa shape index (κ2) is 7.42. The van der Waals surface area contributed by atoms with Crippen LogP contribution in [0.2, 0.25) is 0 Å². The number of imide groups is 1. The third-order valence-electron chi connectivity index (χ3n) is 4.82. The maximum atomic E-state index is 12.8. The molecular formula is C20H15F2N3O4S. The van der Waals surface area contributed by atoms with Gasteiger partial charge in [0.25, 0.3) is 18.2 Å². The van der Waals surface area contributed by atoms with Crippen LogP contribution in [-0.4, -0.2) is 41.9 Å². The minimum Gasteiger partial charge on any atom is -0.497 e. The quantitative estimate of drug-likeness (QED) is 0.575. The predicted octanol–water partition coefficient (Wildman–Crippen LogP) is 2.28. The molecule has 2 aromatic rings. The van der Waals surface area contributed by atoms with Crippen molar-refractivity contribution in [3.8, 4) is 17.6 Å². The number of thiophene rings is 1. The minimum atomic E-state index is -2.62. The van der Waals surface area contributed by atoms with E-state index in [1.807, 2.05) is 0 Å². The van der Waals surface area contributed by atoms with Crippen LogP contribution in [0, 0.1) is 11.8 Å². The summed E-state index contributed by atoms with van der Waals surface area (Å²) in [6.45, 7) is 0.0396. The Bertz CT molecular complexity index is 1120. The highest BCUT2D eigenvalue weighted by Crippen LogP contribution is 2.29. The van der Waals surface area contributed by atoms with Crippen molar-refractivity contribution < 1.29 is 27.9 Å². The van der Waals surface area contributed by atoms with Gasteiger partial charge in [-0.2, -0.15) is 0 Å². The Morgan fingerprint density at radius 3 is 2.73 bits per heavy atom. The van der Waals surface area contributed by atoms with E-state index in [1.165, 1.54) is 23.5 Å². The lowest BCUT2D eigenvalue weighted by atomic mass is 9.99. The summed E-state index contributed by atoms with van der Waals surface area (Å²) in [4.78, 5) is 38.4. The number of hydrogen-bond acceptors (Lipinski definition) is 5. The molecular weight excluding hydrogens is 416 g/mol. The molecule has 2 N–H and O–H groups in total. The Labute approximate surface area is 174 Å². The number of nitrogens with zero attached hydrogens (tertiary/aromatic N) is 1. The fourth-order valence-corrected chi connectivity index (χ4v) is 4.01. The Morgan fingerprint density at radius 2 is 2.10 bits per heavy atom. The van der Waals surface area contributed by atoms with E-state index in [1.54, 1.807) is 18.2 Å². The molecule has 10 heteroatoms. The number of rotatable bonds is 4. The zero-order valence-electron chi connectivity index (χ0n) is 15.6.